The smallest absolute Gasteiger partial charge is 0.416 e. The van der Waals surface area contributed by atoms with Crippen molar-refractivity contribution in [3.8, 4) is 11.5 Å². The van der Waals surface area contributed by atoms with Gasteiger partial charge in [0.25, 0.3) is 0 Å². The van der Waals surface area contributed by atoms with Crippen LogP contribution in [0.3, 0.4) is 0 Å². The van der Waals surface area contributed by atoms with Gasteiger partial charge in [-0.3, -0.25) is 14.5 Å². The third-order valence-electron chi connectivity index (χ3n) is 10.1. The van der Waals surface area contributed by atoms with E-state index in [-0.39, 0.29) is 29.9 Å². The van der Waals surface area contributed by atoms with Gasteiger partial charge in [0.2, 0.25) is 5.91 Å². The van der Waals surface area contributed by atoms with Gasteiger partial charge in [0.15, 0.2) is 11.5 Å². The first-order chi connectivity index (χ1) is 20.8. The number of likely N-dealkylation sites (N-methyl/N-ethyl adjacent to an activating group) is 1. The Morgan fingerprint density at radius 3 is 2.52 bits per heavy atom. The van der Waals surface area contributed by atoms with Gasteiger partial charge in [-0.25, -0.2) is 0 Å². The lowest BCUT2D eigenvalue weighted by Crippen LogP contribution is -2.79. The molecule has 2 heterocycles. The number of likely N-dealkylation sites (tertiary alicyclic amines) is 1. The highest BCUT2D eigenvalue weighted by atomic mass is 19.4. The molecule has 2 aromatic rings. The van der Waals surface area contributed by atoms with Crippen LogP contribution in [0.5, 0.6) is 11.5 Å². The quantitative estimate of drug-likeness (QED) is 0.298. The van der Waals surface area contributed by atoms with Crippen LogP contribution in [0.25, 0.3) is 6.08 Å². The molecule has 4 aliphatic rings. The normalized spacial score (nSPS) is 28.9. The number of ether oxygens (including phenoxy) is 3. The van der Waals surface area contributed by atoms with Crippen molar-refractivity contribution < 1.29 is 37.0 Å². The second-order valence-corrected chi connectivity index (χ2v) is 13.0. The summed E-state index contributed by atoms with van der Waals surface area (Å²) in [5.74, 6) is 0.841. The number of hydrogen-bond acceptors (Lipinski definition) is 6. The fourth-order valence-electron chi connectivity index (χ4n) is 8.46. The largest absolute Gasteiger partial charge is 0.493 e. The van der Waals surface area contributed by atoms with Crippen LogP contribution in [0.15, 0.2) is 42.5 Å². The predicted molar refractivity (Wildman–Crippen MR) is 158 cm³/mol. The molecule has 6 rings (SSSR count). The van der Waals surface area contributed by atoms with Gasteiger partial charge < -0.3 is 19.1 Å². The van der Waals surface area contributed by atoms with Gasteiger partial charge >= 0.3 is 12.1 Å². The molecule has 1 saturated carbocycles. The van der Waals surface area contributed by atoms with Gasteiger partial charge in [0.05, 0.1) is 30.2 Å². The molecule has 2 aromatic carbocycles. The molecule has 0 radical (unpaired) electrons. The molecule has 2 bridgehead atoms. The number of hydrogen-bond donors (Lipinski definition) is 0. The van der Waals surface area contributed by atoms with Crippen molar-refractivity contribution in [2.24, 2.45) is 5.92 Å². The minimum atomic E-state index is -4.43. The highest BCUT2D eigenvalue weighted by Crippen LogP contribution is 2.67. The first-order valence-electron chi connectivity index (χ1n) is 15.2. The summed E-state index contributed by atoms with van der Waals surface area (Å²) < 4.78 is 58.3. The van der Waals surface area contributed by atoms with E-state index in [1.807, 2.05) is 24.8 Å². The van der Waals surface area contributed by atoms with Gasteiger partial charge in [-0.2, -0.15) is 13.2 Å². The Bertz CT molecular complexity index is 1490. The number of carbonyl (C=O) groups excluding carboxylic acids is 2. The van der Waals surface area contributed by atoms with Crippen LogP contribution in [0.4, 0.5) is 13.2 Å². The summed E-state index contributed by atoms with van der Waals surface area (Å²) in [6, 6.07) is 8.37. The van der Waals surface area contributed by atoms with Crippen LogP contribution in [-0.4, -0.2) is 72.7 Å². The van der Waals surface area contributed by atoms with Gasteiger partial charge in [-0.1, -0.05) is 32.0 Å². The summed E-state index contributed by atoms with van der Waals surface area (Å²) in [6.07, 6.45) is 0.589. The fourth-order valence-corrected chi connectivity index (χ4v) is 8.46. The third-order valence-corrected chi connectivity index (χ3v) is 10.1. The fraction of sp³-hybridized carbons (Fsp3) is 0.529. The number of amides is 1. The van der Waals surface area contributed by atoms with E-state index in [0.29, 0.717) is 49.3 Å². The first kappa shape index (κ1) is 30.5. The molecule has 10 heteroatoms. The van der Waals surface area contributed by atoms with Crippen LogP contribution < -0.4 is 9.47 Å². The molecule has 1 amide bonds. The van der Waals surface area contributed by atoms with Crippen molar-refractivity contribution in [3.05, 3.63) is 64.7 Å². The standard InChI is InChI=1S/C34H39F3N2O5/c1-20(2)19-39(28(41)13-8-22-6-10-24(11-7-22)34(35,36)37)25-14-15-33(44-21(3)40)27-18-23-9-12-26(42-5)30-29(23)32(33,31(25)43-30)16-17-38(27)4/h6-13,20,25,27,31H,14-19H2,1-5H3/b13-8+/t25?,27-,31?,32+,33-/m1/s1. The molecule has 2 aliphatic carbocycles. The third kappa shape index (κ3) is 4.59. The number of methoxy groups -OCH3 is 1. The number of rotatable bonds is 7. The molecular formula is C34H39F3N2O5. The number of nitrogens with zero attached hydrogens (tertiary/aromatic N) is 2. The molecular weight excluding hydrogens is 573 g/mol. The summed E-state index contributed by atoms with van der Waals surface area (Å²) in [7, 11) is 3.69. The SMILES string of the molecule is COc1ccc2c3c1OC1C(N(CC(C)C)C(=O)/C=C/c4ccc(C(F)(F)F)cc4)CC[C@@]4(OC(C)=O)[C@@H](C2)N(C)CC[C@]314. The van der Waals surface area contributed by atoms with Gasteiger partial charge in [0.1, 0.15) is 11.7 Å². The number of halogens is 3. The summed E-state index contributed by atoms with van der Waals surface area (Å²) in [5.41, 5.74) is 0.429. The second-order valence-electron chi connectivity index (χ2n) is 13.0. The molecule has 1 saturated heterocycles. The second kappa shape index (κ2) is 10.8. The number of carbonyl (C=O) groups is 2. The number of esters is 1. The van der Waals surface area contributed by atoms with Crippen LogP contribution >= 0.6 is 0 Å². The maximum absolute atomic E-state index is 14.0. The predicted octanol–water partition coefficient (Wildman–Crippen LogP) is 5.64. The highest BCUT2D eigenvalue weighted by Gasteiger charge is 2.75. The Morgan fingerprint density at radius 1 is 1.16 bits per heavy atom. The van der Waals surface area contributed by atoms with Crippen LogP contribution in [0, 0.1) is 5.92 Å². The topological polar surface area (TPSA) is 68.3 Å². The minimum Gasteiger partial charge on any atom is -0.493 e. The molecule has 7 nitrogen and oxygen atoms in total. The van der Waals surface area contributed by atoms with E-state index < -0.39 is 28.9 Å². The van der Waals surface area contributed by atoms with Crippen LogP contribution in [0.2, 0.25) is 0 Å². The van der Waals surface area contributed by atoms with Gasteiger partial charge in [0, 0.05) is 25.1 Å². The van der Waals surface area contributed by atoms with Gasteiger partial charge in [-0.15, -0.1) is 0 Å². The van der Waals surface area contributed by atoms with Gasteiger partial charge in [-0.05, 0) is 80.6 Å². The molecule has 0 aromatic heterocycles. The van der Waals surface area contributed by atoms with Crippen LogP contribution in [0.1, 0.15) is 62.3 Å². The zero-order valence-corrected chi connectivity index (χ0v) is 25.7. The van der Waals surface area contributed by atoms with Crippen molar-refractivity contribution in [1.82, 2.24) is 9.80 Å². The first-order valence-corrected chi connectivity index (χ1v) is 15.2. The average molecular weight is 613 g/mol. The minimum absolute atomic E-state index is 0.0483. The molecule has 0 N–H and O–H groups in total. The Morgan fingerprint density at radius 2 is 1.89 bits per heavy atom. The number of alkyl halides is 3. The van der Waals surface area contributed by atoms with E-state index in [0.717, 1.165) is 29.8 Å². The Kier molecular flexibility index (Phi) is 7.50. The van der Waals surface area contributed by atoms with Crippen molar-refractivity contribution >= 4 is 18.0 Å². The molecule has 2 aliphatic heterocycles. The highest BCUT2D eigenvalue weighted by molar-refractivity contribution is 5.92. The van der Waals surface area contributed by atoms with E-state index in [9.17, 15) is 22.8 Å². The maximum atomic E-state index is 14.0. The van der Waals surface area contributed by atoms with E-state index in [2.05, 4.69) is 18.0 Å². The van der Waals surface area contributed by atoms with Crippen molar-refractivity contribution in [2.75, 3.05) is 27.2 Å². The summed E-state index contributed by atoms with van der Waals surface area (Å²) in [6.45, 7) is 6.79. The summed E-state index contributed by atoms with van der Waals surface area (Å²) in [4.78, 5) is 30.9. The molecule has 44 heavy (non-hydrogen) atoms. The number of benzene rings is 2. The Labute approximate surface area is 255 Å². The number of piperidine rings is 1. The molecule has 2 fully saturated rings. The van der Waals surface area contributed by atoms with Crippen LogP contribution in [-0.2, 0) is 32.3 Å². The van der Waals surface area contributed by atoms with E-state index in [1.165, 1.54) is 25.1 Å². The molecule has 5 atom stereocenters. The van der Waals surface area contributed by atoms with E-state index in [4.69, 9.17) is 14.2 Å². The lowest BCUT2D eigenvalue weighted by atomic mass is 9.48. The molecule has 1 spiro atoms. The van der Waals surface area contributed by atoms with E-state index in [1.54, 1.807) is 13.2 Å². The van der Waals surface area contributed by atoms with Crippen molar-refractivity contribution in [1.29, 1.82) is 0 Å². The lowest BCUT2D eigenvalue weighted by molar-refractivity contribution is -0.221. The lowest BCUT2D eigenvalue weighted by Gasteiger charge is -2.65. The molecule has 2 unspecified atom stereocenters. The van der Waals surface area contributed by atoms with Crippen molar-refractivity contribution in [2.45, 2.75) is 81.8 Å². The monoisotopic (exact) mass is 612 g/mol. The Balaban J connectivity index is 1.42. The zero-order chi connectivity index (χ0) is 31.6. The molecule has 236 valence electrons. The maximum Gasteiger partial charge on any atom is 0.416 e. The summed E-state index contributed by atoms with van der Waals surface area (Å²) >= 11 is 0. The van der Waals surface area contributed by atoms with E-state index >= 15 is 0 Å². The zero-order valence-electron chi connectivity index (χ0n) is 25.7. The Hall–Kier alpha value is -3.53. The summed E-state index contributed by atoms with van der Waals surface area (Å²) in [5, 5.41) is 0. The van der Waals surface area contributed by atoms with Crippen molar-refractivity contribution in [3.63, 3.8) is 0 Å². The average Bonchev–Trinajstić information content (AvgIpc) is 3.32.